The molecule has 0 saturated carbocycles. The van der Waals surface area contributed by atoms with Crippen LogP contribution >= 0.6 is 11.6 Å². The maximum atomic E-state index is 13.0. The molecule has 0 aromatic heterocycles. The lowest BCUT2D eigenvalue weighted by molar-refractivity contribution is 0.0993. The van der Waals surface area contributed by atoms with Gasteiger partial charge in [0.1, 0.15) is 0 Å². The summed E-state index contributed by atoms with van der Waals surface area (Å²) in [5.41, 5.74) is 0.881. The first-order valence-electron chi connectivity index (χ1n) is 8.93. The minimum Gasteiger partial charge on any atom is -0.311 e. The standard InChI is InChI=1S/C20H23ClN2O3S/c1-15-10-12-23(13-11-15)27(25,26)17-8-9-19(21)18(14-17)20(24)22(2)16-6-4-3-5-7-16/h3-9,14-15H,10-13H2,1-2H3. The topological polar surface area (TPSA) is 57.7 Å². The van der Waals surface area contributed by atoms with Gasteiger partial charge in [-0.15, -0.1) is 0 Å². The number of benzene rings is 2. The third kappa shape index (κ3) is 4.18. The molecule has 1 saturated heterocycles. The molecule has 1 aliphatic heterocycles. The summed E-state index contributed by atoms with van der Waals surface area (Å²) < 4.78 is 27.4. The quantitative estimate of drug-likeness (QED) is 0.769. The normalized spacial score (nSPS) is 16.3. The van der Waals surface area contributed by atoms with Gasteiger partial charge in [0.25, 0.3) is 5.91 Å². The molecule has 0 atom stereocenters. The van der Waals surface area contributed by atoms with Crippen molar-refractivity contribution in [1.82, 2.24) is 4.31 Å². The average molecular weight is 407 g/mol. The van der Waals surface area contributed by atoms with Crippen LogP contribution in [0.3, 0.4) is 0 Å². The van der Waals surface area contributed by atoms with Crippen LogP contribution in [0.2, 0.25) is 5.02 Å². The van der Waals surface area contributed by atoms with Crippen molar-refractivity contribution in [3.63, 3.8) is 0 Å². The fourth-order valence-corrected chi connectivity index (χ4v) is 4.85. The highest BCUT2D eigenvalue weighted by molar-refractivity contribution is 7.89. The van der Waals surface area contributed by atoms with E-state index >= 15 is 0 Å². The zero-order valence-corrected chi connectivity index (χ0v) is 17.0. The van der Waals surface area contributed by atoms with Gasteiger partial charge in [-0.1, -0.05) is 36.7 Å². The Balaban J connectivity index is 1.91. The van der Waals surface area contributed by atoms with Crippen LogP contribution < -0.4 is 4.90 Å². The van der Waals surface area contributed by atoms with Crippen LogP contribution in [0.15, 0.2) is 53.4 Å². The second kappa shape index (κ2) is 8.00. The van der Waals surface area contributed by atoms with Crippen molar-refractivity contribution in [3.8, 4) is 0 Å². The molecule has 0 spiro atoms. The van der Waals surface area contributed by atoms with Crippen molar-refractivity contribution in [1.29, 1.82) is 0 Å². The number of para-hydroxylation sites is 1. The number of nitrogens with zero attached hydrogens (tertiary/aromatic N) is 2. The van der Waals surface area contributed by atoms with E-state index in [0.717, 1.165) is 12.8 Å². The molecule has 2 aromatic carbocycles. The van der Waals surface area contributed by atoms with Crippen LogP contribution in [0.5, 0.6) is 0 Å². The van der Waals surface area contributed by atoms with Crippen LogP contribution in [-0.4, -0.2) is 38.8 Å². The molecule has 0 aliphatic carbocycles. The van der Waals surface area contributed by atoms with Crippen LogP contribution in [0, 0.1) is 5.92 Å². The number of piperidine rings is 1. The van der Waals surface area contributed by atoms with Crippen molar-refractivity contribution in [2.45, 2.75) is 24.7 Å². The van der Waals surface area contributed by atoms with Crippen LogP contribution in [0.4, 0.5) is 5.69 Å². The van der Waals surface area contributed by atoms with E-state index in [1.807, 2.05) is 18.2 Å². The van der Waals surface area contributed by atoms with E-state index in [-0.39, 0.29) is 21.4 Å². The molecule has 0 radical (unpaired) electrons. The molecule has 1 amide bonds. The molecule has 27 heavy (non-hydrogen) atoms. The van der Waals surface area contributed by atoms with Gasteiger partial charge < -0.3 is 4.90 Å². The highest BCUT2D eigenvalue weighted by Crippen LogP contribution is 2.28. The highest BCUT2D eigenvalue weighted by Gasteiger charge is 2.29. The van der Waals surface area contributed by atoms with Crippen LogP contribution in [0.1, 0.15) is 30.1 Å². The summed E-state index contributed by atoms with van der Waals surface area (Å²) in [5, 5.41) is 0.231. The number of hydrogen-bond acceptors (Lipinski definition) is 3. The van der Waals surface area contributed by atoms with Gasteiger partial charge in [0, 0.05) is 25.8 Å². The summed E-state index contributed by atoms with van der Waals surface area (Å²) >= 11 is 6.22. The lowest BCUT2D eigenvalue weighted by Gasteiger charge is -2.29. The zero-order valence-electron chi connectivity index (χ0n) is 15.4. The van der Waals surface area contributed by atoms with Gasteiger partial charge in [-0.3, -0.25) is 4.79 Å². The Morgan fingerprint density at radius 2 is 1.74 bits per heavy atom. The molecule has 0 N–H and O–H groups in total. The average Bonchev–Trinajstić information content (AvgIpc) is 2.68. The number of carbonyl (C=O) groups is 1. The Kier molecular flexibility index (Phi) is 5.89. The number of anilines is 1. The predicted octanol–water partition coefficient (Wildman–Crippen LogP) is 4.04. The molecule has 1 heterocycles. The van der Waals surface area contributed by atoms with E-state index < -0.39 is 10.0 Å². The molecule has 0 unspecified atom stereocenters. The molecule has 0 bridgehead atoms. The molecule has 7 heteroatoms. The number of rotatable bonds is 4. The van der Waals surface area contributed by atoms with Gasteiger partial charge in [-0.2, -0.15) is 4.31 Å². The summed E-state index contributed by atoms with van der Waals surface area (Å²) in [7, 11) is -2.00. The Morgan fingerprint density at radius 1 is 1.11 bits per heavy atom. The second-order valence-corrected chi connectivity index (χ2v) is 9.27. The lowest BCUT2D eigenvalue weighted by atomic mass is 10.0. The van der Waals surface area contributed by atoms with Crippen LogP contribution in [-0.2, 0) is 10.0 Å². The fourth-order valence-electron chi connectivity index (χ4n) is 3.15. The fraction of sp³-hybridized carbons (Fsp3) is 0.350. The minimum absolute atomic E-state index is 0.103. The Hall–Kier alpha value is -1.89. The number of carbonyl (C=O) groups excluding carboxylic acids is 1. The van der Waals surface area contributed by atoms with Gasteiger partial charge in [0.2, 0.25) is 10.0 Å². The molecular weight excluding hydrogens is 384 g/mol. The third-order valence-corrected chi connectivity index (χ3v) is 7.22. The van der Waals surface area contributed by atoms with Gasteiger partial charge in [0.15, 0.2) is 0 Å². The maximum absolute atomic E-state index is 13.0. The highest BCUT2D eigenvalue weighted by atomic mass is 35.5. The first-order valence-corrected chi connectivity index (χ1v) is 10.8. The molecule has 144 valence electrons. The van der Waals surface area contributed by atoms with Gasteiger partial charge in [-0.05, 0) is 49.1 Å². The third-order valence-electron chi connectivity index (χ3n) is 5.00. The van der Waals surface area contributed by atoms with Crippen molar-refractivity contribution in [3.05, 3.63) is 59.1 Å². The van der Waals surface area contributed by atoms with Gasteiger partial charge in [-0.25, -0.2) is 8.42 Å². The van der Waals surface area contributed by atoms with Gasteiger partial charge in [0.05, 0.1) is 15.5 Å². The van der Waals surface area contributed by atoms with Crippen molar-refractivity contribution < 1.29 is 13.2 Å². The molecular formula is C20H23ClN2O3S. The Morgan fingerprint density at radius 3 is 2.37 bits per heavy atom. The van der Waals surface area contributed by atoms with E-state index in [2.05, 4.69) is 6.92 Å². The van der Waals surface area contributed by atoms with E-state index in [9.17, 15) is 13.2 Å². The SMILES string of the molecule is CC1CCN(S(=O)(=O)c2ccc(Cl)c(C(=O)N(C)c3ccccc3)c2)CC1. The molecule has 1 fully saturated rings. The van der Waals surface area contributed by atoms with E-state index in [1.165, 1.54) is 27.4 Å². The maximum Gasteiger partial charge on any atom is 0.259 e. The first kappa shape index (κ1) is 19.9. The number of halogens is 1. The number of amides is 1. The monoisotopic (exact) mass is 406 g/mol. The summed E-state index contributed by atoms with van der Waals surface area (Å²) in [4.78, 5) is 14.5. The summed E-state index contributed by atoms with van der Waals surface area (Å²) in [6.45, 7) is 3.13. The molecule has 2 aromatic rings. The zero-order chi connectivity index (χ0) is 19.6. The van der Waals surface area contributed by atoms with Crippen LogP contribution in [0.25, 0.3) is 0 Å². The summed E-state index contributed by atoms with van der Waals surface area (Å²) in [5.74, 6) is 0.175. The molecule has 1 aliphatic rings. The van der Waals surface area contributed by atoms with Gasteiger partial charge >= 0.3 is 0 Å². The second-order valence-electron chi connectivity index (χ2n) is 6.93. The predicted molar refractivity (Wildman–Crippen MR) is 108 cm³/mol. The van der Waals surface area contributed by atoms with Crippen molar-refractivity contribution in [2.24, 2.45) is 5.92 Å². The van der Waals surface area contributed by atoms with Crippen molar-refractivity contribution in [2.75, 3.05) is 25.0 Å². The summed E-state index contributed by atoms with van der Waals surface area (Å²) in [6.07, 6.45) is 1.69. The lowest BCUT2D eigenvalue weighted by Crippen LogP contribution is -2.38. The van der Waals surface area contributed by atoms with E-state index in [1.54, 1.807) is 19.2 Å². The van der Waals surface area contributed by atoms with E-state index in [4.69, 9.17) is 11.6 Å². The first-order chi connectivity index (χ1) is 12.8. The minimum atomic E-state index is -3.64. The molecule has 5 nitrogen and oxygen atoms in total. The summed E-state index contributed by atoms with van der Waals surface area (Å²) in [6, 6.07) is 13.5. The number of sulfonamides is 1. The van der Waals surface area contributed by atoms with Crippen molar-refractivity contribution >= 4 is 33.2 Å². The number of hydrogen-bond donors (Lipinski definition) is 0. The smallest absolute Gasteiger partial charge is 0.259 e. The Bertz CT molecular complexity index is 923. The Labute approximate surface area is 165 Å². The van der Waals surface area contributed by atoms with E-state index in [0.29, 0.717) is 24.7 Å². The largest absolute Gasteiger partial charge is 0.311 e. The molecule has 3 rings (SSSR count).